The van der Waals surface area contributed by atoms with Crippen LogP contribution in [-0.4, -0.2) is 11.4 Å². The molecule has 0 unspecified atom stereocenters. The number of aromatic nitrogens is 1. The maximum Gasteiger partial charge on any atom is 0.333 e. The van der Waals surface area contributed by atoms with Crippen molar-refractivity contribution in [1.29, 1.82) is 0 Å². The minimum Gasteiger partial charge on any atom is -0.456 e. The van der Waals surface area contributed by atoms with Crippen LogP contribution in [0, 0.1) is 0 Å². The average Bonchev–Trinajstić information content (AvgIpc) is 4.04. The van der Waals surface area contributed by atoms with Crippen molar-refractivity contribution in [3.8, 4) is 50.2 Å². The van der Waals surface area contributed by atoms with E-state index in [-0.39, 0.29) is 6.85 Å². The lowest BCUT2D eigenvalue weighted by Crippen LogP contribution is -2.60. The minimum absolute atomic E-state index is 0.170. The second-order valence-corrected chi connectivity index (χ2v) is 18.6. The van der Waals surface area contributed by atoms with Crippen molar-refractivity contribution in [2.45, 2.75) is 0 Å². The van der Waals surface area contributed by atoms with Crippen LogP contribution in [0.3, 0.4) is 0 Å². The Hall–Kier alpha value is -8.12. The molecule has 0 radical (unpaired) electrons. The van der Waals surface area contributed by atoms with E-state index in [2.05, 4.69) is 222 Å². The van der Waals surface area contributed by atoms with E-state index >= 15 is 0 Å². The van der Waals surface area contributed by atoms with Crippen LogP contribution in [0.15, 0.2) is 217 Å². The Morgan fingerprint density at radius 1 is 0.415 bits per heavy atom. The molecule has 300 valence electrons. The zero-order valence-corrected chi connectivity index (χ0v) is 35.8. The van der Waals surface area contributed by atoms with Crippen molar-refractivity contribution in [3.63, 3.8) is 0 Å². The van der Waals surface area contributed by atoms with Crippen LogP contribution in [0.1, 0.15) is 0 Å². The maximum absolute atomic E-state index is 6.95. The first-order valence-electron chi connectivity index (χ1n) is 22.4. The number of anilines is 2. The van der Waals surface area contributed by atoms with E-state index in [9.17, 15) is 0 Å². The number of nitrogens with zero attached hydrogens (tertiary/aromatic N) is 2. The zero-order chi connectivity index (χ0) is 42.3. The second-order valence-electron chi connectivity index (χ2n) is 17.6. The van der Waals surface area contributed by atoms with Gasteiger partial charge in [-0.15, -0.1) is 11.3 Å². The van der Waals surface area contributed by atoms with Gasteiger partial charge in [-0.05, 0) is 104 Å². The Bertz CT molecular complexity index is 4110. The zero-order valence-electron chi connectivity index (χ0n) is 35.0. The molecule has 3 nitrogen and oxygen atoms in total. The molecule has 0 saturated heterocycles. The van der Waals surface area contributed by atoms with Gasteiger partial charge in [0.2, 0.25) is 0 Å². The van der Waals surface area contributed by atoms with Crippen molar-refractivity contribution in [3.05, 3.63) is 212 Å². The van der Waals surface area contributed by atoms with E-state index in [0.29, 0.717) is 0 Å². The SMILES string of the molecule is c1ccc(-c2ccc(N3B4c5c(cc6oc7ccccc7c6c5-c5cc6c(cc53)sc3ccccc36)-n3c5ccc(-c6ccccc6)cc5c5cc(-c6ccccc6)cc4c53)cc2)cc1. The van der Waals surface area contributed by atoms with Crippen molar-refractivity contribution in [1.82, 2.24) is 4.57 Å². The highest BCUT2D eigenvalue weighted by Gasteiger charge is 2.45. The quantitative estimate of drug-likeness (QED) is 0.165. The molecule has 13 aromatic rings. The summed E-state index contributed by atoms with van der Waals surface area (Å²) in [6, 6.07) is 78.5. The maximum atomic E-state index is 6.95. The van der Waals surface area contributed by atoms with Crippen LogP contribution in [0.5, 0.6) is 0 Å². The van der Waals surface area contributed by atoms with E-state index in [1.165, 1.54) is 108 Å². The third kappa shape index (κ3) is 4.96. The molecule has 0 bridgehead atoms. The Morgan fingerprint density at radius 2 is 1.05 bits per heavy atom. The predicted octanol–water partition coefficient (Wildman–Crippen LogP) is 15.3. The van der Waals surface area contributed by atoms with Gasteiger partial charge in [-0.25, -0.2) is 0 Å². The molecular weight excluding hydrogens is 808 g/mol. The van der Waals surface area contributed by atoms with Crippen LogP contribution in [0.25, 0.3) is 114 Å². The Labute approximate surface area is 378 Å². The van der Waals surface area contributed by atoms with Crippen molar-refractivity contribution in [2.75, 3.05) is 4.81 Å². The standard InChI is InChI=1S/C60H35BN2OS/c1-4-14-36(15-5-1)39-24-27-42(28-25-39)63-51-35-56-46(43-20-11-13-23-55(43)65-56)33-48(51)58-57-44-21-10-12-22-53(44)64-54(57)34-52-59(58)61(63)49-32-41(38-18-8-3-9-19-38)31-47-45-30-40(37-16-6-2-7-17-37)26-29-50(45)62(52)60(47)49/h1-35H. The molecular formula is C60H35BN2OS. The van der Waals surface area contributed by atoms with E-state index in [1.807, 2.05) is 11.3 Å². The highest BCUT2D eigenvalue weighted by atomic mass is 32.1. The van der Waals surface area contributed by atoms with Gasteiger partial charge in [0.1, 0.15) is 11.2 Å². The van der Waals surface area contributed by atoms with Crippen molar-refractivity contribution < 1.29 is 4.42 Å². The minimum atomic E-state index is -0.170. The summed E-state index contributed by atoms with van der Waals surface area (Å²) in [6.45, 7) is -0.170. The summed E-state index contributed by atoms with van der Waals surface area (Å²) in [5, 5.41) is 7.37. The number of hydrogen-bond acceptors (Lipinski definition) is 3. The number of fused-ring (bicyclic) bond motifs is 14. The molecule has 2 aliphatic rings. The summed E-state index contributed by atoms with van der Waals surface area (Å²) < 4.78 is 12.1. The van der Waals surface area contributed by atoms with Crippen molar-refractivity contribution >= 4 is 104 Å². The van der Waals surface area contributed by atoms with E-state index in [1.54, 1.807) is 0 Å². The lowest BCUT2D eigenvalue weighted by atomic mass is 9.43. The molecule has 2 aliphatic heterocycles. The molecule has 0 spiro atoms. The van der Waals surface area contributed by atoms with Gasteiger partial charge in [-0.2, -0.15) is 0 Å². The van der Waals surface area contributed by atoms with Gasteiger partial charge in [-0.3, -0.25) is 0 Å². The number of rotatable bonds is 4. The average molecular weight is 843 g/mol. The summed E-state index contributed by atoms with van der Waals surface area (Å²) in [7, 11) is 0. The van der Waals surface area contributed by atoms with Gasteiger partial charge < -0.3 is 13.8 Å². The topological polar surface area (TPSA) is 21.3 Å². The van der Waals surface area contributed by atoms with Gasteiger partial charge in [0.25, 0.3) is 0 Å². The van der Waals surface area contributed by atoms with Gasteiger partial charge in [-0.1, -0.05) is 152 Å². The van der Waals surface area contributed by atoms with Crippen LogP contribution in [0.4, 0.5) is 11.4 Å². The largest absolute Gasteiger partial charge is 0.456 e. The first-order chi connectivity index (χ1) is 32.2. The van der Waals surface area contributed by atoms with Crippen LogP contribution in [0.2, 0.25) is 0 Å². The fourth-order valence-corrected chi connectivity index (χ4v) is 12.5. The molecule has 0 aliphatic carbocycles. The molecule has 3 aromatic heterocycles. The molecule has 0 atom stereocenters. The summed E-state index contributed by atoms with van der Waals surface area (Å²) >= 11 is 1.88. The third-order valence-corrected chi connectivity index (χ3v) is 15.3. The van der Waals surface area contributed by atoms with Gasteiger partial charge >= 0.3 is 6.85 Å². The Balaban J connectivity index is 1.13. The second kappa shape index (κ2) is 13.2. The summed E-state index contributed by atoms with van der Waals surface area (Å²) in [4.78, 5) is 2.66. The molecule has 5 heteroatoms. The summed E-state index contributed by atoms with van der Waals surface area (Å²) in [5.74, 6) is 0. The van der Waals surface area contributed by atoms with Crippen LogP contribution in [-0.2, 0) is 0 Å². The normalized spacial score (nSPS) is 12.9. The van der Waals surface area contributed by atoms with Crippen molar-refractivity contribution in [2.24, 2.45) is 0 Å². The van der Waals surface area contributed by atoms with E-state index in [4.69, 9.17) is 4.42 Å². The molecule has 5 heterocycles. The van der Waals surface area contributed by atoms with Gasteiger partial charge in [0.15, 0.2) is 0 Å². The fraction of sp³-hybridized carbons (Fsp3) is 0. The van der Waals surface area contributed by atoms with Crippen LogP contribution < -0.4 is 15.7 Å². The first kappa shape index (κ1) is 35.4. The summed E-state index contributed by atoms with van der Waals surface area (Å²) in [6.07, 6.45) is 0. The molecule has 0 saturated carbocycles. The molecule has 0 amide bonds. The highest BCUT2D eigenvalue weighted by Crippen LogP contribution is 2.52. The molecule has 10 aromatic carbocycles. The van der Waals surface area contributed by atoms with E-state index < -0.39 is 0 Å². The smallest absolute Gasteiger partial charge is 0.333 e. The lowest BCUT2D eigenvalue weighted by molar-refractivity contribution is 0.669. The number of furan rings is 1. The van der Waals surface area contributed by atoms with E-state index in [0.717, 1.165) is 27.9 Å². The number of hydrogen-bond donors (Lipinski definition) is 0. The number of benzene rings is 10. The molecule has 0 fully saturated rings. The summed E-state index contributed by atoms with van der Waals surface area (Å²) in [5.41, 5.74) is 20.0. The fourth-order valence-electron chi connectivity index (χ4n) is 11.3. The number of thiophene rings is 1. The lowest BCUT2D eigenvalue weighted by Gasteiger charge is -2.42. The Kier molecular flexibility index (Phi) is 7.19. The number of para-hydroxylation sites is 1. The van der Waals surface area contributed by atoms with Gasteiger partial charge in [0, 0.05) is 70.4 Å². The molecule has 65 heavy (non-hydrogen) atoms. The molecule has 0 N–H and O–H groups in total. The molecule has 15 rings (SSSR count). The highest BCUT2D eigenvalue weighted by molar-refractivity contribution is 7.25. The third-order valence-electron chi connectivity index (χ3n) is 14.1. The van der Waals surface area contributed by atoms with Crippen LogP contribution >= 0.6 is 11.3 Å². The van der Waals surface area contributed by atoms with Gasteiger partial charge in [0.05, 0.1) is 11.0 Å². The Morgan fingerprint density at radius 3 is 1.82 bits per heavy atom. The first-order valence-corrected chi connectivity index (χ1v) is 23.2. The monoisotopic (exact) mass is 842 g/mol. The predicted molar refractivity (Wildman–Crippen MR) is 276 cm³/mol.